The van der Waals surface area contributed by atoms with Gasteiger partial charge in [0, 0.05) is 44.0 Å². The fourth-order valence-electron chi connectivity index (χ4n) is 3.69. The lowest BCUT2D eigenvalue weighted by molar-refractivity contribution is 0.0628. The third-order valence-electron chi connectivity index (χ3n) is 5.40. The molecule has 0 aromatic heterocycles. The second-order valence-corrected chi connectivity index (χ2v) is 9.73. The largest absolute Gasteiger partial charge is 0.336 e. The second-order valence-electron chi connectivity index (χ2n) is 7.67. The monoisotopic (exact) mass is 469 g/mol. The van der Waals surface area contributed by atoms with E-state index in [1.807, 2.05) is 18.2 Å². The Morgan fingerprint density at radius 1 is 0.875 bits per heavy atom. The van der Waals surface area contributed by atoms with Gasteiger partial charge >= 0.3 is 0 Å². The van der Waals surface area contributed by atoms with E-state index in [1.165, 1.54) is 17.7 Å². The van der Waals surface area contributed by atoms with Crippen LogP contribution in [-0.4, -0.2) is 50.3 Å². The second kappa shape index (κ2) is 9.73. The standard InChI is InChI=1S/C24H24ClN3O3S/c25-22-12-11-20(17-23(22)32(30,31)26-21-9-5-2-6-10-21)24(29)28-15-13-27(14-16-28)18-19-7-3-1-4-8-19/h1-12,17,26H,13-16,18H2. The van der Waals surface area contributed by atoms with Gasteiger partial charge in [-0.15, -0.1) is 0 Å². The van der Waals surface area contributed by atoms with Crippen LogP contribution < -0.4 is 4.72 Å². The first-order valence-corrected chi connectivity index (χ1v) is 12.2. The van der Waals surface area contributed by atoms with Crippen LogP contribution in [0.25, 0.3) is 0 Å². The van der Waals surface area contributed by atoms with Gasteiger partial charge in [0.2, 0.25) is 0 Å². The highest BCUT2D eigenvalue weighted by molar-refractivity contribution is 7.92. The zero-order chi connectivity index (χ0) is 22.6. The Labute approximate surface area is 193 Å². The lowest BCUT2D eigenvalue weighted by Gasteiger charge is -2.34. The molecule has 1 heterocycles. The minimum atomic E-state index is -3.94. The first-order chi connectivity index (χ1) is 15.4. The number of piperazine rings is 1. The van der Waals surface area contributed by atoms with Gasteiger partial charge < -0.3 is 4.90 Å². The first kappa shape index (κ1) is 22.3. The molecule has 8 heteroatoms. The minimum absolute atomic E-state index is 0.0673. The Morgan fingerprint density at radius 3 is 2.16 bits per heavy atom. The van der Waals surface area contributed by atoms with Crippen LogP contribution in [0.5, 0.6) is 0 Å². The van der Waals surface area contributed by atoms with E-state index in [9.17, 15) is 13.2 Å². The van der Waals surface area contributed by atoms with Crippen molar-refractivity contribution in [2.24, 2.45) is 0 Å². The molecule has 4 rings (SSSR count). The average molecular weight is 470 g/mol. The smallest absolute Gasteiger partial charge is 0.263 e. The van der Waals surface area contributed by atoms with Crippen LogP contribution in [0.2, 0.25) is 5.02 Å². The molecule has 1 saturated heterocycles. The quantitative estimate of drug-likeness (QED) is 0.590. The van der Waals surface area contributed by atoms with Gasteiger partial charge in [-0.05, 0) is 35.9 Å². The van der Waals surface area contributed by atoms with E-state index in [0.29, 0.717) is 24.3 Å². The molecular weight excluding hydrogens is 446 g/mol. The van der Waals surface area contributed by atoms with Crippen molar-refractivity contribution in [3.63, 3.8) is 0 Å². The first-order valence-electron chi connectivity index (χ1n) is 10.4. The van der Waals surface area contributed by atoms with Crippen LogP contribution in [0.3, 0.4) is 0 Å². The van der Waals surface area contributed by atoms with Crippen molar-refractivity contribution < 1.29 is 13.2 Å². The van der Waals surface area contributed by atoms with Crippen LogP contribution in [-0.2, 0) is 16.6 Å². The number of benzene rings is 3. The lowest BCUT2D eigenvalue weighted by atomic mass is 10.1. The fraction of sp³-hybridized carbons (Fsp3) is 0.208. The number of amides is 1. The van der Waals surface area contributed by atoms with Gasteiger partial charge in [-0.25, -0.2) is 8.42 Å². The summed E-state index contributed by atoms with van der Waals surface area (Å²) in [5.41, 5.74) is 1.97. The molecule has 166 valence electrons. The number of sulfonamides is 1. The average Bonchev–Trinajstić information content (AvgIpc) is 2.80. The Kier molecular flexibility index (Phi) is 6.79. The van der Waals surface area contributed by atoms with Crippen LogP contribution in [0.15, 0.2) is 83.8 Å². The van der Waals surface area contributed by atoms with Crippen molar-refractivity contribution in [3.8, 4) is 0 Å². The van der Waals surface area contributed by atoms with Gasteiger partial charge in [-0.1, -0.05) is 60.1 Å². The highest BCUT2D eigenvalue weighted by Gasteiger charge is 2.25. The predicted octanol–water partition coefficient (Wildman–Crippen LogP) is 4.10. The van der Waals surface area contributed by atoms with Gasteiger partial charge in [0.15, 0.2) is 0 Å². The summed E-state index contributed by atoms with van der Waals surface area (Å²) in [6.45, 7) is 3.53. The SMILES string of the molecule is O=C(c1ccc(Cl)c(S(=O)(=O)Nc2ccccc2)c1)N1CCN(Cc2ccccc2)CC1. The molecule has 0 aliphatic carbocycles. The number of carbonyl (C=O) groups excluding carboxylic acids is 1. The van der Waals surface area contributed by atoms with E-state index in [0.717, 1.165) is 19.6 Å². The molecule has 1 aliphatic rings. The summed E-state index contributed by atoms with van der Waals surface area (Å²) in [5.74, 6) is -0.197. The van der Waals surface area contributed by atoms with E-state index in [-0.39, 0.29) is 15.8 Å². The van der Waals surface area contributed by atoms with E-state index in [4.69, 9.17) is 11.6 Å². The molecule has 0 radical (unpaired) electrons. The highest BCUT2D eigenvalue weighted by atomic mass is 35.5. The number of nitrogens with zero attached hydrogens (tertiary/aromatic N) is 2. The number of nitrogens with one attached hydrogen (secondary N) is 1. The summed E-state index contributed by atoms with van der Waals surface area (Å²) in [4.78, 5) is 17.0. The summed E-state index contributed by atoms with van der Waals surface area (Å²) < 4.78 is 28.2. The molecule has 0 unspecified atom stereocenters. The van der Waals surface area contributed by atoms with Gasteiger partial charge in [0.05, 0.1) is 5.02 Å². The van der Waals surface area contributed by atoms with Gasteiger partial charge in [-0.3, -0.25) is 14.4 Å². The molecule has 0 saturated carbocycles. The fourth-order valence-corrected chi connectivity index (χ4v) is 5.28. The Balaban J connectivity index is 1.44. The predicted molar refractivity (Wildman–Crippen MR) is 126 cm³/mol. The summed E-state index contributed by atoms with van der Waals surface area (Å²) in [6.07, 6.45) is 0. The Hall–Kier alpha value is -2.87. The lowest BCUT2D eigenvalue weighted by Crippen LogP contribution is -2.48. The van der Waals surface area contributed by atoms with Crippen molar-refractivity contribution in [2.45, 2.75) is 11.4 Å². The molecule has 0 bridgehead atoms. The molecule has 1 N–H and O–H groups in total. The van der Waals surface area contributed by atoms with Crippen molar-refractivity contribution in [1.82, 2.24) is 9.80 Å². The summed E-state index contributed by atoms with van der Waals surface area (Å²) in [6, 6.07) is 23.2. The number of carbonyl (C=O) groups is 1. The van der Waals surface area contributed by atoms with Crippen molar-refractivity contribution in [2.75, 3.05) is 30.9 Å². The maximum absolute atomic E-state index is 13.1. The maximum atomic E-state index is 13.1. The highest BCUT2D eigenvalue weighted by Crippen LogP contribution is 2.26. The molecule has 3 aromatic carbocycles. The van der Waals surface area contributed by atoms with E-state index in [2.05, 4.69) is 21.8 Å². The Morgan fingerprint density at radius 2 is 1.50 bits per heavy atom. The minimum Gasteiger partial charge on any atom is -0.336 e. The summed E-state index contributed by atoms with van der Waals surface area (Å²) in [5, 5.41) is 0.0673. The summed E-state index contributed by atoms with van der Waals surface area (Å²) >= 11 is 6.18. The van der Waals surface area contributed by atoms with E-state index < -0.39 is 10.0 Å². The third-order valence-corrected chi connectivity index (χ3v) is 7.27. The van der Waals surface area contributed by atoms with Crippen LogP contribution >= 0.6 is 11.6 Å². The molecule has 0 spiro atoms. The Bertz CT molecular complexity index is 1180. The zero-order valence-corrected chi connectivity index (χ0v) is 19.0. The number of hydrogen-bond acceptors (Lipinski definition) is 4. The van der Waals surface area contributed by atoms with Crippen LogP contribution in [0, 0.1) is 0 Å². The number of para-hydroxylation sites is 1. The number of hydrogen-bond donors (Lipinski definition) is 1. The van der Waals surface area contributed by atoms with E-state index in [1.54, 1.807) is 41.3 Å². The van der Waals surface area contributed by atoms with E-state index >= 15 is 0 Å². The van der Waals surface area contributed by atoms with Gasteiger partial charge in [-0.2, -0.15) is 0 Å². The van der Waals surface area contributed by atoms with Crippen molar-refractivity contribution >= 4 is 33.2 Å². The molecular formula is C24H24ClN3O3S. The van der Waals surface area contributed by atoms with Crippen LogP contribution in [0.1, 0.15) is 15.9 Å². The summed E-state index contributed by atoms with van der Waals surface area (Å²) in [7, 11) is -3.94. The normalized spacial score (nSPS) is 14.8. The molecule has 3 aromatic rings. The molecule has 1 fully saturated rings. The molecule has 32 heavy (non-hydrogen) atoms. The number of anilines is 1. The van der Waals surface area contributed by atoms with Crippen molar-refractivity contribution in [1.29, 1.82) is 0 Å². The molecule has 1 amide bonds. The number of rotatable bonds is 6. The topological polar surface area (TPSA) is 69.7 Å². The van der Waals surface area contributed by atoms with Gasteiger partial charge in [0.25, 0.3) is 15.9 Å². The van der Waals surface area contributed by atoms with Crippen LogP contribution in [0.4, 0.5) is 5.69 Å². The van der Waals surface area contributed by atoms with Crippen molar-refractivity contribution in [3.05, 3.63) is 95.0 Å². The molecule has 0 atom stereocenters. The molecule has 6 nitrogen and oxygen atoms in total. The number of halogens is 1. The maximum Gasteiger partial charge on any atom is 0.263 e. The zero-order valence-electron chi connectivity index (χ0n) is 17.4. The van der Waals surface area contributed by atoms with Gasteiger partial charge in [0.1, 0.15) is 4.90 Å². The molecule has 1 aliphatic heterocycles. The third kappa shape index (κ3) is 5.30.